The monoisotopic (exact) mass is 276 g/mol. The Morgan fingerprint density at radius 1 is 1.20 bits per heavy atom. The third-order valence-corrected chi connectivity index (χ3v) is 4.48. The van der Waals surface area contributed by atoms with Crippen LogP contribution in [0.2, 0.25) is 0 Å². The van der Waals surface area contributed by atoms with E-state index in [2.05, 4.69) is 24.1 Å². The van der Waals surface area contributed by atoms with Gasteiger partial charge in [0.05, 0.1) is 6.10 Å². The van der Waals surface area contributed by atoms with Crippen molar-refractivity contribution in [3.05, 3.63) is 35.9 Å². The van der Waals surface area contributed by atoms with Gasteiger partial charge in [-0.3, -0.25) is 0 Å². The number of hydrogen-bond donors (Lipinski definition) is 2. The number of aliphatic hydroxyl groups excluding tert-OH is 1. The molecule has 0 saturated heterocycles. The van der Waals surface area contributed by atoms with Crippen molar-refractivity contribution in [1.82, 2.24) is 4.90 Å². The first-order valence-corrected chi connectivity index (χ1v) is 7.84. The first kappa shape index (κ1) is 15.5. The molecule has 2 atom stereocenters. The number of nitrogens with two attached hydrogens (primary N) is 1. The molecule has 0 spiro atoms. The fourth-order valence-electron chi connectivity index (χ4n) is 3.12. The Balaban J connectivity index is 1.79. The fraction of sp³-hybridized carbons (Fsp3) is 0.647. The SMILES string of the molecule is CN(CC(O)C(N)Cc1ccccc1)C1CCCCC1. The van der Waals surface area contributed by atoms with E-state index in [4.69, 9.17) is 5.73 Å². The average molecular weight is 276 g/mol. The van der Waals surface area contributed by atoms with Gasteiger partial charge in [-0.05, 0) is 31.9 Å². The lowest BCUT2D eigenvalue weighted by Gasteiger charge is -2.33. The van der Waals surface area contributed by atoms with Crippen LogP contribution in [0.5, 0.6) is 0 Å². The first-order chi connectivity index (χ1) is 9.66. The van der Waals surface area contributed by atoms with Crippen LogP contribution < -0.4 is 5.73 Å². The summed E-state index contributed by atoms with van der Waals surface area (Å²) < 4.78 is 0. The second kappa shape index (κ2) is 7.77. The number of benzene rings is 1. The molecule has 112 valence electrons. The van der Waals surface area contributed by atoms with Crippen molar-refractivity contribution in [2.24, 2.45) is 5.73 Å². The second-order valence-corrected chi connectivity index (χ2v) is 6.15. The van der Waals surface area contributed by atoms with Crippen LogP contribution in [0.3, 0.4) is 0 Å². The Labute approximate surface area is 122 Å². The molecule has 1 aliphatic carbocycles. The van der Waals surface area contributed by atoms with Crippen LogP contribution >= 0.6 is 0 Å². The summed E-state index contributed by atoms with van der Waals surface area (Å²) in [6.45, 7) is 0.679. The van der Waals surface area contributed by atoms with Gasteiger partial charge in [0, 0.05) is 18.6 Å². The van der Waals surface area contributed by atoms with Gasteiger partial charge in [0.2, 0.25) is 0 Å². The van der Waals surface area contributed by atoms with Crippen molar-refractivity contribution < 1.29 is 5.11 Å². The summed E-state index contributed by atoms with van der Waals surface area (Å²) in [6, 6.07) is 10.6. The van der Waals surface area contributed by atoms with Crippen LogP contribution in [0.4, 0.5) is 0 Å². The second-order valence-electron chi connectivity index (χ2n) is 6.15. The van der Waals surface area contributed by atoms with Gasteiger partial charge in [0.25, 0.3) is 0 Å². The zero-order valence-electron chi connectivity index (χ0n) is 12.5. The van der Waals surface area contributed by atoms with E-state index in [-0.39, 0.29) is 6.04 Å². The molecule has 1 aliphatic rings. The topological polar surface area (TPSA) is 49.5 Å². The lowest BCUT2D eigenvalue weighted by molar-refractivity contribution is 0.0741. The van der Waals surface area contributed by atoms with Gasteiger partial charge in [0.15, 0.2) is 0 Å². The minimum Gasteiger partial charge on any atom is -0.390 e. The number of hydrogen-bond acceptors (Lipinski definition) is 3. The van der Waals surface area contributed by atoms with Crippen molar-refractivity contribution in [2.45, 2.75) is 56.7 Å². The Bertz CT molecular complexity index is 376. The molecular formula is C17H28N2O. The maximum atomic E-state index is 10.3. The summed E-state index contributed by atoms with van der Waals surface area (Å²) >= 11 is 0. The summed E-state index contributed by atoms with van der Waals surface area (Å²) in [5.41, 5.74) is 7.34. The Hall–Kier alpha value is -0.900. The standard InChI is InChI=1S/C17H28N2O/c1-19(15-10-6-3-7-11-15)13-17(20)16(18)12-14-8-4-2-5-9-14/h2,4-5,8-9,15-17,20H,3,6-7,10-13,18H2,1H3. The minimum absolute atomic E-state index is 0.191. The van der Waals surface area contributed by atoms with Crippen LogP contribution in [-0.2, 0) is 6.42 Å². The zero-order valence-corrected chi connectivity index (χ0v) is 12.5. The molecule has 2 unspecified atom stereocenters. The predicted octanol–water partition coefficient (Wildman–Crippen LogP) is 2.18. The third-order valence-electron chi connectivity index (χ3n) is 4.48. The highest BCUT2D eigenvalue weighted by atomic mass is 16.3. The van der Waals surface area contributed by atoms with Gasteiger partial charge in [-0.1, -0.05) is 49.6 Å². The molecule has 1 aromatic rings. The molecule has 0 radical (unpaired) electrons. The lowest BCUT2D eigenvalue weighted by Crippen LogP contribution is -2.46. The van der Waals surface area contributed by atoms with Crippen LogP contribution in [-0.4, -0.2) is 41.8 Å². The van der Waals surface area contributed by atoms with Crippen molar-refractivity contribution in [2.75, 3.05) is 13.6 Å². The summed E-state index contributed by atoms with van der Waals surface area (Å²) in [4.78, 5) is 2.30. The molecule has 1 aromatic carbocycles. The van der Waals surface area contributed by atoms with Gasteiger partial charge >= 0.3 is 0 Å². The van der Waals surface area contributed by atoms with E-state index in [1.165, 1.54) is 37.7 Å². The summed E-state index contributed by atoms with van der Waals surface area (Å²) in [7, 11) is 2.12. The van der Waals surface area contributed by atoms with Gasteiger partial charge in [-0.15, -0.1) is 0 Å². The molecule has 0 amide bonds. The molecule has 1 fully saturated rings. The minimum atomic E-state index is -0.456. The van der Waals surface area contributed by atoms with E-state index in [0.717, 1.165) is 6.42 Å². The first-order valence-electron chi connectivity index (χ1n) is 7.84. The van der Waals surface area contributed by atoms with Gasteiger partial charge in [0.1, 0.15) is 0 Å². The molecule has 2 rings (SSSR count). The summed E-state index contributed by atoms with van der Waals surface area (Å²) in [6.07, 6.45) is 6.81. The Kier molecular flexibility index (Phi) is 6.02. The molecule has 0 bridgehead atoms. The highest BCUT2D eigenvalue weighted by molar-refractivity contribution is 5.16. The van der Waals surface area contributed by atoms with Crippen LogP contribution in [0.1, 0.15) is 37.7 Å². The van der Waals surface area contributed by atoms with E-state index in [9.17, 15) is 5.11 Å². The number of likely N-dealkylation sites (N-methyl/N-ethyl adjacent to an activating group) is 1. The van der Waals surface area contributed by atoms with Crippen LogP contribution in [0.25, 0.3) is 0 Å². The maximum Gasteiger partial charge on any atom is 0.0820 e. The fourth-order valence-corrected chi connectivity index (χ4v) is 3.12. The molecular weight excluding hydrogens is 248 g/mol. The Morgan fingerprint density at radius 2 is 1.85 bits per heavy atom. The predicted molar refractivity (Wildman–Crippen MR) is 83.6 cm³/mol. The molecule has 1 saturated carbocycles. The molecule has 3 nitrogen and oxygen atoms in total. The average Bonchev–Trinajstić information content (AvgIpc) is 2.49. The third kappa shape index (κ3) is 4.58. The quantitative estimate of drug-likeness (QED) is 0.837. The Morgan fingerprint density at radius 3 is 2.50 bits per heavy atom. The van der Waals surface area contributed by atoms with Crippen molar-refractivity contribution in [3.8, 4) is 0 Å². The molecule has 20 heavy (non-hydrogen) atoms. The number of nitrogens with zero attached hydrogens (tertiary/aromatic N) is 1. The molecule has 0 aliphatic heterocycles. The van der Waals surface area contributed by atoms with Gasteiger partial charge in [-0.2, -0.15) is 0 Å². The van der Waals surface area contributed by atoms with E-state index in [1.54, 1.807) is 0 Å². The normalized spacial score (nSPS) is 20.0. The van der Waals surface area contributed by atoms with Crippen molar-refractivity contribution in [1.29, 1.82) is 0 Å². The highest BCUT2D eigenvalue weighted by Crippen LogP contribution is 2.21. The molecule has 0 aromatic heterocycles. The molecule has 3 heteroatoms. The van der Waals surface area contributed by atoms with Crippen LogP contribution in [0, 0.1) is 0 Å². The van der Waals surface area contributed by atoms with Gasteiger partial charge < -0.3 is 15.7 Å². The van der Waals surface area contributed by atoms with Gasteiger partial charge in [-0.25, -0.2) is 0 Å². The molecule has 3 N–H and O–H groups in total. The summed E-state index contributed by atoms with van der Waals surface area (Å²) in [5, 5.41) is 10.3. The largest absolute Gasteiger partial charge is 0.390 e. The maximum absolute atomic E-state index is 10.3. The zero-order chi connectivity index (χ0) is 14.4. The van der Waals surface area contributed by atoms with E-state index >= 15 is 0 Å². The summed E-state index contributed by atoms with van der Waals surface area (Å²) in [5.74, 6) is 0. The number of rotatable bonds is 6. The van der Waals surface area contributed by atoms with Crippen molar-refractivity contribution >= 4 is 0 Å². The number of aliphatic hydroxyl groups is 1. The lowest BCUT2D eigenvalue weighted by atomic mass is 9.94. The molecule has 0 heterocycles. The van der Waals surface area contributed by atoms with E-state index in [0.29, 0.717) is 12.6 Å². The van der Waals surface area contributed by atoms with Crippen LogP contribution in [0.15, 0.2) is 30.3 Å². The van der Waals surface area contributed by atoms with E-state index < -0.39 is 6.10 Å². The smallest absolute Gasteiger partial charge is 0.0820 e. The highest BCUT2D eigenvalue weighted by Gasteiger charge is 2.23. The van der Waals surface area contributed by atoms with Crippen molar-refractivity contribution in [3.63, 3.8) is 0 Å². The van der Waals surface area contributed by atoms with E-state index in [1.807, 2.05) is 18.2 Å².